The van der Waals surface area contributed by atoms with E-state index in [1.807, 2.05) is 66.7 Å². The molecule has 1 N–H and O–H groups in total. The van der Waals surface area contributed by atoms with E-state index in [0.29, 0.717) is 13.1 Å². The molecule has 0 saturated carbocycles. The van der Waals surface area contributed by atoms with E-state index in [-0.39, 0.29) is 12.5 Å². The Labute approximate surface area is 147 Å². The van der Waals surface area contributed by atoms with E-state index in [1.54, 1.807) is 17.2 Å². The summed E-state index contributed by atoms with van der Waals surface area (Å²) in [6.45, 7) is 0.710. The second-order valence-electron chi connectivity index (χ2n) is 5.72. The molecule has 0 bridgehead atoms. The number of amides is 1. The lowest BCUT2D eigenvalue weighted by atomic mass is 10.1. The number of aliphatic hydroxyl groups is 1. The zero-order valence-corrected chi connectivity index (χ0v) is 13.9. The van der Waals surface area contributed by atoms with Gasteiger partial charge in [-0.2, -0.15) is 0 Å². The smallest absolute Gasteiger partial charge is 0.246 e. The molecule has 0 unspecified atom stereocenters. The number of carbonyl (C=O) groups excluding carboxylic acids is 1. The number of hydrogen-bond acceptors (Lipinski definition) is 3. The monoisotopic (exact) mass is 332 g/mol. The standard InChI is InChI=1S/C21H20N2O2/c24-15-14-23(16-17-6-2-1-3-7-17)21(25)11-10-18-12-13-22-20-9-5-4-8-19(18)20/h1-13,24H,14-16H2/b11-10+. The average Bonchev–Trinajstić information content (AvgIpc) is 2.66. The molecule has 4 nitrogen and oxygen atoms in total. The number of aliphatic hydroxyl groups excluding tert-OH is 1. The Bertz CT molecular complexity index is 870. The molecule has 0 saturated heterocycles. The Morgan fingerprint density at radius 2 is 1.80 bits per heavy atom. The number of benzene rings is 2. The van der Waals surface area contributed by atoms with Crippen LogP contribution in [0.15, 0.2) is 72.9 Å². The second-order valence-corrected chi connectivity index (χ2v) is 5.72. The van der Waals surface area contributed by atoms with Gasteiger partial charge in [0.25, 0.3) is 0 Å². The van der Waals surface area contributed by atoms with Crippen molar-refractivity contribution in [1.82, 2.24) is 9.88 Å². The summed E-state index contributed by atoms with van der Waals surface area (Å²) < 4.78 is 0. The van der Waals surface area contributed by atoms with Crippen molar-refractivity contribution >= 4 is 22.9 Å². The van der Waals surface area contributed by atoms with Gasteiger partial charge in [0.2, 0.25) is 5.91 Å². The van der Waals surface area contributed by atoms with Crippen molar-refractivity contribution in [2.75, 3.05) is 13.2 Å². The first-order chi connectivity index (χ1) is 12.3. The van der Waals surface area contributed by atoms with E-state index >= 15 is 0 Å². The molecule has 3 aromatic rings. The molecule has 1 aromatic heterocycles. The van der Waals surface area contributed by atoms with Crippen molar-refractivity contribution in [2.45, 2.75) is 6.54 Å². The molecule has 0 atom stereocenters. The lowest BCUT2D eigenvalue weighted by Crippen LogP contribution is -2.31. The number of aromatic nitrogens is 1. The lowest BCUT2D eigenvalue weighted by Gasteiger charge is -2.20. The van der Waals surface area contributed by atoms with Crippen LogP contribution in [0.4, 0.5) is 0 Å². The third-order valence-electron chi connectivity index (χ3n) is 3.99. The van der Waals surface area contributed by atoms with E-state index in [2.05, 4.69) is 4.98 Å². The molecule has 25 heavy (non-hydrogen) atoms. The van der Waals surface area contributed by atoms with E-state index in [0.717, 1.165) is 22.0 Å². The van der Waals surface area contributed by atoms with Crippen molar-refractivity contribution in [3.8, 4) is 0 Å². The van der Waals surface area contributed by atoms with Crippen molar-refractivity contribution < 1.29 is 9.90 Å². The van der Waals surface area contributed by atoms with Crippen molar-refractivity contribution in [1.29, 1.82) is 0 Å². The zero-order valence-electron chi connectivity index (χ0n) is 13.9. The Balaban J connectivity index is 1.79. The first-order valence-electron chi connectivity index (χ1n) is 8.23. The summed E-state index contributed by atoms with van der Waals surface area (Å²) in [6.07, 6.45) is 5.10. The number of carbonyl (C=O) groups is 1. The van der Waals surface area contributed by atoms with Gasteiger partial charge in [0.1, 0.15) is 0 Å². The fraction of sp³-hybridized carbons (Fsp3) is 0.143. The molecule has 0 aliphatic rings. The van der Waals surface area contributed by atoms with Crippen LogP contribution in [-0.2, 0) is 11.3 Å². The number of pyridine rings is 1. The molecule has 126 valence electrons. The van der Waals surface area contributed by atoms with E-state index in [1.165, 1.54) is 0 Å². The van der Waals surface area contributed by atoms with E-state index < -0.39 is 0 Å². The van der Waals surface area contributed by atoms with E-state index in [9.17, 15) is 9.90 Å². The highest BCUT2D eigenvalue weighted by atomic mass is 16.3. The van der Waals surface area contributed by atoms with Gasteiger partial charge in [-0.05, 0) is 29.3 Å². The van der Waals surface area contributed by atoms with Crippen LogP contribution in [0.2, 0.25) is 0 Å². The summed E-state index contributed by atoms with van der Waals surface area (Å²) in [6, 6.07) is 19.5. The Kier molecular flexibility index (Phi) is 5.54. The minimum Gasteiger partial charge on any atom is -0.395 e. The minimum absolute atomic E-state index is 0.0649. The summed E-state index contributed by atoms with van der Waals surface area (Å²) >= 11 is 0. The molecule has 1 heterocycles. The molecule has 3 rings (SSSR count). The van der Waals surface area contributed by atoms with Crippen LogP contribution in [-0.4, -0.2) is 34.0 Å². The van der Waals surface area contributed by atoms with Gasteiger partial charge in [0.05, 0.1) is 12.1 Å². The zero-order chi connectivity index (χ0) is 17.5. The summed E-state index contributed by atoms with van der Waals surface area (Å²) in [4.78, 5) is 18.5. The number of fused-ring (bicyclic) bond motifs is 1. The predicted octanol–water partition coefficient (Wildman–Crippen LogP) is 3.27. The van der Waals surface area contributed by atoms with Gasteiger partial charge in [-0.25, -0.2) is 0 Å². The first kappa shape index (κ1) is 16.9. The van der Waals surface area contributed by atoms with Gasteiger partial charge in [-0.15, -0.1) is 0 Å². The molecule has 0 aliphatic heterocycles. The van der Waals surface area contributed by atoms with Crippen LogP contribution in [0.25, 0.3) is 17.0 Å². The van der Waals surface area contributed by atoms with Gasteiger partial charge in [0.15, 0.2) is 0 Å². The van der Waals surface area contributed by atoms with Crippen LogP contribution in [0.1, 0.15) is 11.1 Å². The van der Waals surface area contributed by atoms with Crippen molar-refractivity contribution in [3.63, 3.8) is 0 Å². The third kappa shape index (κ3) is 4.31. The molecule has 1 amide bonds. The Morgan fingerprint density at radius 1 is 1.04 bits per heavy atom. The number of para-hydroxylation sites is 1. The maximum atomic E-state index is 12.6. The summed E-state index contributed by atoms with van der Waals surface area (Å²) in [5.74, 6) is -0.126. The number of nitrogens with zero attached hydrogens (tertiary/aromatic N) is 2. The maximum Gasteiger partial charge on any atom is 0.246 e. The van der Waals surface area contributed by atoms with Crippen LogP contribution < -0.4 is 0 Å². The number of hydrogen-bond donors (Lipinski definition) is 1. The summed E-state index contributed by atoms with van der Waals surface area (Å²) in [7, 11) is 0. The topological polar surface area (TPSA) is 53.4 Å². The van der Waals surface area contributed by atoms with Gasteiger partial charge < -0.3 is 10.0 Å². The van der Waals surface area contributed by atoms with Gasteiger partial charge in [-0.3, -0.25) is 9.78 Å². The highest BCUT2D eigenvalue weighted by Crippen LogP contribution is 2.17. The first-order valence-corrected chi connectivity index (χ1v) is 8.23. The Morgan fingerprint density at radius 3 is 2.60 bits per heavy atom. The SMILES string of the molecule is O=C(/C=C/c1ccnc2ccccc12)N(CCO)Cc1ccccc1. The van der Waals surface area contributed by atoms with Crippen LogP contribution in [0.5, 0.6) is 0 Å². The third-order valence-corrected chi connectivity index (χ3v) is 3.99. The summed E-state index contributed by atoms with van der Waals surface area (Å²) in [5, 5.41) is 10.3. The molecular weight excluding hydrogens is 312 g/mol. The fourth-order valence-electron chi connectivity index (χ4n) is 2.72. The Hall–Kier alpha value is -2.98. The second kappa shape index (κ2) is 8.22. The largest absolute Gasteiger partial charge is 0.395 e. The highest BCUT2D eigenvalue weighted by molar-refractivity contribution is 5.95. The molecule has 0 aliphatic carbocycles. The van der Waals surface area contributed by atoms with Gasteiger partial charge >= 0.3 is 0 Å². The average molecular weight is 332 g/mol. The molecule has 4 heteroatoms. The van der Waals surface area contributed by atoms with Gasteiger partial charge in [0, 0.05) is 30.7 Å². The summed E-state index contributed by atoms with van der Waals surface area (Å²) in [5.41, 5.74) is 2.88. The van der Waals surface area contributed by atoms with Crippen LogP contribution in [0, 0.1) is 0 Å². The maximum absolute atomic E-state index is 12.6. The van der Waals surface area contributed by atoms with Crippen LogP contribution in [0.3, 0.4) is 0 Å². The normalized spacial score (nSPS) is 11.1. The molecule has 0 radical (unpaired) electrons. The quantitative estimate of drug-likeness (QED) is 0.705. The van der Waals surface area contributed by atoms with Crippen molar-refractivity contribution in [3.05, 3.63) is 84.1 Å². The predicted molar refractivity (Wildman–Crippen MR) is 99.7 cm³/mol. The number of rotatable bonds is 6. The van der Waals surface area contributed by atoms with Crippen LogP contribution >= 0.6 is 0 Å². The van der Waals surface area contributed by atoms with E-state index in [4.69, 9.17) is 0 Å². The molecule has 0 spiro atoms. The van der Waals surface area contributed by atoms with Crippen molar-refractivity contribution in [2.24, 2.45) is 0 Å². The molecule has 0 fully saturated rings. The minimum atomic E-state index is -0.126. The molecular formula is C21H20N2O2. The van der Waals surface area contributed by atoms with Gasteiger partial charge in [-0.1, -0.05) is 48.5 Å². The highest BCUT2D eigenvalue weighted by Gasteiger charge is 2.10. The molecule has 2 aromatic carbocycles. The fourth-order valence-corrected chi connectivity index (χ4v) is 2.72. The lowest BCUT2D eigenvalue weighted by molar-refractivity contribution is -0.127.